The third-order valence-corrected chi connectivity index (χ3v) is 3.10. The number of hydrogen-bond acceptors (Lipinski definition) is 3. The van der Waals surface area contributed by atoms with E-state index in [4.69, 9.17) is 9.84 Å². The van der Waals surface area contributed by atoms with Gasteiger partial charge in [-0.3, -0.25) is 0 Å². The Bertz CT molecular complexity index is 502. The summed E-state index contributed by atoms with van der Waals surface area (Å²) in [5, 5.41) is 11.7. The average molecular weight is 280 g/mol. The Morgan fingerprint density at radius 2 is 2.10 bits per heavy atom. The molecule has 0 aromatic heterocycles. The molecule has 0 fully saturated rings. The molecule has 2 amide bonds. The smallest absolute Gasteiger partial charge is 0.335 e. The number of methoxy groups -OCH3 is 1. The van der Waals surface area contributed by atoms with Gasteiger partial charge in [-0.15, -0.1) is 0 Å². The van der Waals surface area contributed by atoms with E-state index in [1.54, 1.807) is 33.2 Å². The van der Waals surface area contributed by atoms with E-state index in [1.807, 2.05) is 6.92 Å². The van der Waals surface area contributed by atoms with Crippen LogP contribution in [-0.2, 0) is 4.74 Å². The Balaban J connectivity index is 2.76. The molecule has 0 heterocycles. The molecule has 110 valence electrons. The van der Waals surface area contributed by atoms with Crippen molar-refractivity contribution < 1.29 is 19.4 Å². The molecule has 0 radical (unpaired) electrons. The number of benzene rings is 1. The van der Waals surface area contributed by atoms with E-state index in [0.29, 0.717) is 17.9 Å². The minimum absolute atomic E-state index is 0.0561. The lowest BCUT2D eigenvalue weighted by atomic mass is 10.1. The predicted molar refractivity (Wildman–Crippen MR) is 76.3 cm³/mol. The summed E-state index contributed by atoms with van der Waals surface area (Å²) in [6.45, 7) is 4.01. The number of carboxylic acids is 1. The standard InChI is InChI=1S/C14H20N2O4/c1-9-7-11(5-6-12(9)13(17)18)15-14(19)16(3)10(2)8-20-4/h5-7,10H,8H2,1-4H3,(H,15,19)(H,17,18). The van der Waals surface area contributed by atoms with Crippen molar-refractivity contribution in [2.45, 2.75) is 19.9 Å². The van der Waals surface area contributed by atoms with E-state index in [1.165, 1.54) is 11.0 Å². The lowest BCUT2D eigenvalue weighted by Crippen LogP contribution is -2.40. The maximum atomic E-state index is 12.0. The van der Waals surface area contributed by atoms with Gasteiger partial charge in [0.15, 0.2) is 0 Å². The molecule has 1 rings (SSSR count). The summed E-state index contributed by atoms with van der Waals surface area (Å²) >= 11 is 0. The molecule has 0 saturated heterocycles. The molecule has 6 heteroatoms. The van der Waals surface area contributed by atoms with Crippen molar-refractivity contribution in [2.24, 2.45) is 0 Å². The number of carbonyl (C=O) groups is 2. The number of amides is 2. The lowest BCUT2D eigenvalue weighted by Gasteiger charge is -2.24. The number of urea groups is 1. The Kier molecular flexibility index (Phi) is 5.52. The van der Waals surface area contributed by atoms with Gasteiger partial charge in [-0.2, -0.15) is 0 Å². The maximum absolute atomic E-state index is 12.0. The number of nitrogens with zero attached hydrogens (tertiary/aromatic N) is 1. The summed E-state index contributed by atoms with van der Waals surface area (Å²) in [7, 11) is 3.26. The first-order valence-electron chi connectivity index (χ1n) is 6.23. The van der Waals surface area contributed by atoms with Gasteiger partial charge in [-0.1, -0.05) is 0 Å². The average Bonchev–Trinajstić information content (AvgIpc) is 2.37. The molecule has 1 aromatic rings. The molecule has 0 saturated carbocycles. The van der Waals surface area contributed by atoms with Crippen molar-refractivity contribution in [1.82, 2.24) is 4.90 Å². The van der Waals surface area contributed by atoms with Crippen molar-refractivity contribution >= 4 is 17.7 Å². The van der Waals surface area contributed by atoms with Crippen LogP contribution in [0.5, 0.6) is 0 Å². The number of carboxylic acid groups (broad SMARTS) is 1. The van der Waals surface area contributed by atoms with Gasteiger partial charge in [0.2, 0.25) is 0 Å². The summed E-state index contributed by atoms with van der Waals surface area (Å²) in [4.78, 5) is 24.4. The van der Waals surface area contributed by atoms with Crippen LogP contribution in [0.25, 0.3) is 0 Å². The molecule has 20 heavy (non-hydrogen) atoms. The van der Waals surface area contributed by atoms with Gasteiger partial charge in [-0.05, 0) is 37.6 Å². The first-order valence-corrected chi connectivity index (χ1v) is 6.23. The SMILES string of the molecule is COCC(C)N(C)C(=O)Nc1ccc(C(=O)O)c(C)c1. The monoisotopic (exact) mass is 280 g/mol. The largest absolute Gasteiger partial charge is 0.478 e. The van der Waals surface area contributed by atoms with E-state index in [0.717, 1.165) is 0 Å². The molecule has 0 spiro atoms. The highest BCUT2D eigenvalue weighted by Crippen LogP contribution is 2.16. The minimum Gasteiger partial charge on any atom is -0.478 e. The Morgan fingerprint density at radius 1 is 1.45 bits per heavy atom. The summed E-state index contributed by atoms with van der Waals surface area (Å²) in [6, 6.07) is 4.36. The van der Waals surface area contributed by atoms with Crippen LogP contribution in [0.2, 0.25) is 0 Å². The fourth-order valence-corrected chi connectivity index (χ4v) is 1.75. The van der Waals surface area contributed by atoms with Crippen LogP contribution in [0.15, 0.2) is 18.2 Å². The molecular formula is C14H20N2O4. The van der Waals surface area contributed by atoms with E-state index >= 15 is 0 Å². The molecule has 0 aliphatic heterocycles. The summed E-state index contributed by atoms with van der Waals surface area (Å²) in [6.07, 6.45) is 0. The number of hydrogen-bond donors (Lipinski definition) is 2. The number of rotatable bonds is 5. The predicted octanol–water partition coefficient (Wildman–Crippen LogP) is 2.19. The van der Waals surface area contributed by atoms with Crippen LogP contribution in [0, 0.1) is 6.92 Å². The fourth-order valence-electron chi connectivity index (χ4n) is 1.75. The highest BCUT2D eigenvalue weighted by molar-refractivity contribution is 5.92. The first kappa shape index (κ1) is 16.0. The van der Waals surface area contributed by atoms with Gasteiger partial charge in [0.25, 0.3) is 0 Å². The molecule has 0 aliphatic rings. The van der Waals surface area contributed by atoms with Crippen LogP contribution in [-0.4, -0.2) is 48.8 Å². The first-order chi connectivity index (χ1) is 9.36. The van der Waals surface area contributed by atoms with Crippen LogP contribution in [0.3, 0.4) is 0 Å². The highest BCUT2D eigenvalue weighted by Gasteiger charge is 2.16. The highest BCUT2D eigenvalue weighted by atomic mass is 16.5. The molecule has 2 N–H and O–H groups in total. The Morgan fingerprint density at radius 3 is 2.60 bits per heavy atom. The number of anilines is 1. The van der Waals surface area contributed by atoms with Crippen LogP contribution in [0.4, 0.5) is 10.5 Å². The number of ether oxygens (including phenoxy) is 1. The molecular weight excluding hydrogens is 260 g/mol. The minimum atomic E-state index is -0.980. The van der Waals surface area contributed by atoms with Gasteiger partial charge in [0, 0.05) is 19.8 Å². The van der Waals surface area contributed by atoms with Gasteiger partial charge in [0.1, 0.15) is 0 Å². The van der Waals surface area contributed by atoms with Crippen molar-refractivity contribution in [3.63, 3.8) is 0 Å². The summed E-state index contributed by atoms with van der Waals surface area (Å²) in [5.41, 5.74) is 1.39. The van der Waals surface area contributed by atoms with E-state index in [-0.39, 0.29) is 17.6 Å². The van der Waals surface area contributed by atoms with E-state index in [2.05, 4.69) is 5.32 Å². The van der Waals surface area contributed by atoms with Crippen molar-refractivity contribution in [2.75, 3.05) is 26.1 Å². The third-order valence-electron chi connectivity index (χ3n) is 3.10. The number of nitrogens with one attached hydrogen (secondary N) is 1. The zero-order valence-corrected chi connectivity index (χ0v) is 12.1. The molecule has 0 bridgehead atoms. The Labute approximate surface area is 118 Å². The van der Waals surface area contributed by atoms with Crippen molar-refractivity contribution in [3.05, 3.63) is 29.3 Å². The zero-order chi connectivity index (χ0) is 15.3. The number of carbonyl (C=O) groups excluding carboxylic acids is 1. The van der Waals surface area contributed by atoms with Crippen LogP contribution < -0.4 is 5.32 Å². The van der Waals surface area contributed by atoms with Gasteiger partial charge < -0.3 is 20.1 Å². The van der Waals surface area contributed by atoms with Crippen molar-refractivity contribution in [3.8, 4) is 0 Å². The van der Waals surface area contributed by atoms with Gasteiger partial charge in [0.05, 0.1) is 18.2 Å². The van der Waals surface area contributed by atoms with Crippen molar-refractivity contribution in [1.29, 1.82) is 0 Å². The second-order valence-electron chi connectivity index (χ2n) is 4.68. The van der Waals surface area contributed by atoms with E-state index < -0.39 is 5.97 Å². The Hall–Kier alpha value is -2.08. The van der Waals surface area contributed by atoms with E-state index in [9.17, 15) is 9.59 Å². The number of aryl methyl sites for hydroxylation is 1. The lowest BCUT2D eigenvalue weighted by molar-refractivity contribution is 0.0696. The van der Waals surface area contributed by atoms with Crippen LogP contribution in [0.1, 0.15) is 22.8 Å². The zero-order valence-electron chi connectivity index (χ0n) is 12.1. The van der Waals surface area contributed by atoms with Gasteiger partial charge >= 0.3 is 12.0 Å². The normalized spacial score (nSPS) is 11.8. The summed E-state index contributed by atoms with van der Waals surface area (Å²) < 4.78 is 5.00. The molecule has 1 atom stereocenters. The topological polar surface area (TPSA) is 78.9 Å². The van der Waals surface area contributed by atoms with Crippen LogP contribution >= 0.6 is 0 Å². The molecule has 6 nitrogen and oxygen atoms in total. The molecule has 1 aromatic carbocycles. The fraction of sp³-hybridized carbons (Fsp3) is 0.429. The van der Waals surface area contributed by atoms with Gasteiger partial charge in [-0.25, -0.2) is 9.59 Å². The maximum Gasteiger partial charge on any atom is 0.335 e. The number of aromatic carboxylic acids is 1. The molecule has 0 aliphatic carbocycles. The second-order valence-corrected chi connectivity index (χ2v) is 4.68. The molecule has 1 unspecified atom stereocenters. The second kappa shape index (κ2) is 6.91. The number of likely N-dealkylation sites (N-methyl/N-ethyl adjacent to an activating group) is 1. The quantitative estimate of drug-likeness (QED) is 0.866. The summed E-state index contributed by atoms with van der Waals surface area (Å²) in [5.74, 6) is -0.980. The third kappa shape index (κ3) is 3.96.